The van der Waals surface area contributed by atoms with Crippen molar-refractivity contribution < 1.29 is 27.6 Å². The molecule has 8 rings (SSSR count). The molecule has 8 nitrogen and oxygen atoms in total. The number of benzene rings is 2. The third kappa shape index (κ3) is 3.56. The lowest BCUT2D eigenvalue weighted by Crippen LogP contribution is -2.35. The van der Waals surface area contributed by atoms with Crippen LogP contribution < -0.4 is 9.80 Å². The zero-order valence-corrected chi connectivity index (χ0v) is 25.4. The fourth-order valence-electron chi connectivity index (χ4n) is 9.48. The number of rotatable bonds is 8. The summed E-state index contributed by atoms with van der Waals surface area (Å²) >= 11 is 0. The molecule has 0 spiro atoms. The van der Waals surface area contributed by atoms with Crippen LogP contribution in [-0.2, 0) is 29.0 Å². The zero-order valence-electron chi connectivity index (χ0n) is 24.5. The van der Waals surface area contributed by atoms with Gasteiger partial charge >= 0.3 is 0 Å². The SMILES string of the molecule is C=CCC12C=CC(C1)C1C(=O)N(c3ccc(S(=O)(=O)c4ccc(N5C(=O)C6C7C=CC(CC=C)(C7)C6C5=O)cc4)cc3)C(=O)C12. The molecule has 2 aliphatic heterocycles. The van der Waals surface area contributed by atoms with Gasteiger partial charge in [0, 0.05) is 10.8 Å². The Morgan fingerprint density at radius 3 is 1.38 bits per heavy atom. The van der Waals surface area contributed by atoms with E-state index in [1.165, 1.54) is 58.3 Å². The molecule has 2 saturated heterocycles. The van der Waals surface area contributed by atoms with Crippen molar-refractivity contribution in [3.8, 4) is 0 Å². The van der Waals surface area contributed by atoms with Gasteiger partial charge in [-0.3, -0.25) is 29.0 Å². The number of hydrogen-bond donors (Lipinski definition) is 0. The minimum absolute atomic E-state index is 0.0000247. The molecule has 8 unspecified atom stereocenters. The largest absolute Gasteiger partial charge is 0.274 e. The van der Waals surface area contributed by atoms with Gasteiger partial charge in [-0.1, -0.05) is 36.5 Å². The van der Waals surface area contributed by atoms with Gasteiger partial charge in [-0.05, 0) is 86.1 Å². The molecule has 0 radical (unpaired) electrons. The van der Waals surface area contributed by atoms with E-state index < -0.39 is 33.5 Å². The van der Waals surface area contributed by atoms with Crippen molar-refractivity contribution in [3.63, 3.8) is 0 Å². The molecule has 9 heteroatoms. The number of sulfone groups is 1. The Bertz CT molecular complexity index is 1760. The lowest BCUT2D eigenvalue weighted by atomic mass is 9.72. The maximum absolute atomic E-state index is 13.6. The molecule has 2 saturated carbocycles. The molecule has 4 bridgehead atoms. The highest BCUT2D eigenvalue weighted by atomic mass is 32.2. The Hall–Kier alpha value is -4.37. The second-order valence-corrected chi connectivity index (χ2v) is 15.4. The van der Waals surface area contributed by atoms with Gasteiger partial charge in [-0.25, -0.2) is 8.42 Å². The van der Waals surface area contributed by atoms with Gasteiger partial charge in [0.1, 0.15) is 0 Å². The van der Waals surface area contributed by atoms with E-state index in [-0.39, 0.29) is 56.1 Å². The maximum atomic E-state index is 13.6. The molecule has 45 heavy (non-hydrogen) atoms. The molecular weight excluding hydrogens is 588 g/mol. The number of carbonyl (C=O) groups excluding carboxylic acids is 4. The standard InChI is InChI=1S/C36H32N2O6S/c1-3-15-35-17-13-21(19-35)27-29(35)33(41)37(31(27)39)23-5-9-25(10-6-23)45(43,44)26-11-7-24(8-12-26)38-32(40)28-22-14-18-36(20-22,16-4-2)30(28)34(38)42/h3-14,17-18,21-22,27-30H,1-2,15-16,19-20H2. The van der Waals surface area contributed by atoms with Crippen LogP contribution in [0.5, 0.6) is 0 Å². The number of allylic oxidation sites excluding steroid dienone is 6. The first-order chi connectivity index (χ1) is 21.6. The third-order valence-electron chi connectivity index (χ3n) is 11.3. The fraction of sp³-hybridized carbons (Fsp3) is 0.333. The summed E-state index contributed by atoms with van der Waals surface area (Å²) in [6.45, 7) is 7.70. The van der Waals surface area contributed by atoms with Crippen molar-refractivity contribution in [2.45, 2.75) is 35.5 Å². The summed E-state index contributed by atoms with van der Waals surface area (Å²) in [5.41, 5.74) is -0.0893. The summed E-state index contributed by atoms with van der Waals surface area (Å²) in [6, 6.07) is 11.6. The molecular formula is C36H32N2O6S. The van der Waals surface area contributed by atoms with Crippen LogP contribution in [0.1, 0.15) is 25.7 Å². The molecule has 2 aromatic carbocycles. The quantitative estimate of drug-likeness (QED) is 0.303. The van der Waals surface area contributed by atoms with Gasteiger partial charge in [0.2, 0.25) is 33.5 Å². The van der Waals surface area contributed by atoms with Crippen molar-refractivity contribution >= 4 is 44.8 Å². The van der Waals surface area contributed by atoms with E-state index in [2.05, 4.69) is 25.3 Å². The van der Waals surface area contributed by atoms with Crippen LogP contribution in [0.2, 0.25) is 0 Å². The van der Waals surface area contributed by atoms with Crippen molar-refractivity contribution in [3.05, 3.63) is 98.1 Å². The number of hydrogen-bond acceptors (Lipinski definition) is 6. The molecule has 6 aliphatic rings. The molecule has 4 amide bonds. The van der Waals surface area contributed by atoms with E-state index in [9.17, 15) is 27.6 Å². The smallest absolute Gasteiger partial charge is 0.238 e. The normalized spacial score (nSPS) is 35.6. The number of imide groups is 2. The highest BCUT2D eigenvalue weighted by Crippen LogP contribution is 2.63. The molecule has 8 atom stereocenters. The van der Waals surface area contributed by atoms with E-state index in [1.807, 2.05) is 12.2 Å². The maximum Gasteiger partial charge on any atom is 0.238 e. The highest BCUT2D eigenvalue weighted by Gasteiger charge is 2.66. The number of amides is 4. The second-order valence-electron chi connectivity index (χ2n) is 13.4. The van der Waals surface area contributed by atoms with E-state index in [4.69, 9.17) is 0 Å². The molecule has 0 N–H and O–H groups in total. The Labute approximate surface area is 261 Å². The zero-order chi connectivity index (χ0) is 31.5. The molecule has 2 heterocycles. The topological polar surface area (TPSA) is 109 Å². The van der Waals surface area contributed by atoms with Crippen LogP contribution in [-0.4, -0.2) is 32.0 Å². The number of carbonyl (C=O) groups is 4. The fourth-order valence-corrected chi connectivity index (χ4v) is 10.7. The average Bonchev–Trinajstić information content (AvgIpc) is 3.85. The van der Waals surface area contributed by atoms with Crippen molar-refractivity contribution in [1.82, 2.24) is 0 Å². The predicted molar refractivity (Wildman–Crippen MR) is 166 cm³/mol. The van der Waals surface area contributed by atoms with Gasteiger partial charge in [-0.2, -0.15) is 0 Å². The summed E-state index contributed by atoms with van der Waals surface area (Å²) in [6.07, 6.45) is 14.6. The second kappa shape index (κ2) is 9.33. The van der Waals surface area contributed by atoms with Crippen molar-refractivity contribution in [2.75, 3.05) is 9.80 Å². The van der Waals surface area contributed by atoms with Gasteiger partial charge < -0.3 is 0 Å². The Kier molecular flexibility index (Phi) is 5.83. The summed E-state index contributed by atoms with van der Waals surface area (Å²) in [5.74, 6) is -2.64. The van der Waals surface area contributed by atoms with Crippen molar-refractivity contribution in [1.29, 1.82) is 0 Å². The first kappa shape index (κ1) is 28.1. The van der Waals surface area contributed by atoms with E-state index in [0.29, 0.717) is 24.2 Å². The number of fused-ring (bicyclic) bond motifs is 10. The number of anilines is 2. The first-order valence-corrected chi connectivity index (χ1v) is 16.9. The monoisotopic (exact) mass is 620 g/mol. The van der Waals surface area contributed by atoms with Crippen LogP contribution in [0.15, 0.2) is 108 Å². The summed E-state index contributed by atoms with van der Waals surface area (Å²) in [5, 5.41) is 0. The Morgan fingerprint density at radius 1 is 0.644 bits per heavy atom. The third-order valence-corrected chi connectivity index (χ3v) is 13.1. The van der Waals surface area contributed by atoms with Gasteiger partial charge in [0.05, 0.1) is 44.8 Å². The minimum Gasteiger partial charge on any atom is -0.274 e. The average molecular weight is 621 g/mol. The Balaban J connectivity index is 1.02. The molecule has 4 aliphatic carbocycles. The van der Waals surface area contributed by atoms with Gasteiger partial charge in [0.15, 0.2) is 0 Å². The summed E-state index contributed by atoms with van der Waals surface area (Å²) in [7, 11) is -3.97. The Morgan fingerprint density at radius 2 is 1.02 bits per heavy atom. The van der Waals surface area contributed by atoms with Gasteiger partial charge in [-0.15, -0.1) is 13.2 Å². The lowest BCUT2D eigenvalue weighted by molar-refractivity contribution is -0.125. The summed E-state index contributed by atoms with van der Waals surface area (Å²) < 4.78 is 27.1. The van der Waals surface area contributed by atoms with Gasteiger partial charge in [0.25, 0.3) is 0 Å². The molecule has 4 fully saturated rings. The van der Waals surface area contributed by atoms with Crippen LogP contribution in [0.4, 0.5) is 11.4 Å². The van der Waals surface area contributed by atoms with E-state index >= 15 is 0 Å². The number of nitrogens with zero attached hydrogens (tertiary/aromatic N) is 2. The first-order valence-electron chi connectivity index (χ1n) is 15.4. The van der Waals surface area contributed by atoms with Crippen molar-refractivity contribution in [2.24, 2.45) is 46.3 Å². The predicted octanol–water partition coefficient (Wildman–Crippen LogP) is 5.04. The molecule has 2 aromatic rings. The minimum atomic E-state index is -3.97. The van der Waals surface area contributed by atoms with Crippen LogP contribution in [0, 0.1) is 46.3 Å². The molecule has 0 aromatic heterocycles. The molecule has 228 valence electrons. The lowest BCUT2D eigenvalue weighted by Gasteiger charge is -2.29. The van der Waals surface area contributed by atoms with Crippen LogP contribution >= 0.6 is 0 Å². The van der Waals surface area contributed by atoms with Crippen LogP contribution in [0.3, 0.4) is 0 Å². The van der Waals surface area contributed by atoms with Crippen LogP contribution in [0.25, 0.3) is 0 Å². The van der Waals surface area contributed by atoms with E-state index in [0.717, 1.165) is 12.8 Å². The highest BCUT2D eigenvalue weighted by molar-refractivity contribution is 7.91. The van der Waals surface area contributed by atoms with E-state index in [1.54, 1.807) is 12.2 Å². The summed E-state index contributed by atoms with van der Waals surface area (Å²) in [4.78, 5) is 56.4.